The molecule has 184 valence electrons. The number of aromatic nitrogens is 2. The molecule has 2 aliphatic rings. The number of piperidine rings is 1. The fourth-order valence-corrected chi connectivity index (χ4v) is 4.12. The van der Waals surface area contributed by atoms with Crippen molar-refractivity contribution >= 4 is 23.7 Å². The zero-order valence-corrected chi connectivity index (χ0v) is 20.2. The highest BCUT2D eigenvalue weighted by atomic mass is 16.6. The third kappa shape index (κ3) is 8.03. The number of nitrogens with zero attached hydrogens (tertiary/aromatic N) is 3. The van der Waals surface area contributed by atoms with Crippen LogP contribution in [0.25, 0.3) is 0 Å². The van der Waals surface area contributed by atoms with Gasteiger partial charge in [0, 0.05) is 25.7 Å². The van der Waals surface area contributed by atoms with Gasteiger partial charge in [-0.1, -0.05) is 0 Å². The normalized spacial score (nSPS) is 20.1. The summed E-state index contributed by atoms with van der Waals surface area (Å²) in [6, 6.07) is 2.11. The number of nitrogens with one attached hydrogen (secondary N) is 3. The van der Waals surface area contributed by atoms with E-state index >= 15 is 0 Å². The number of likely N-dealkylation sites (tertiary alicyclic amines) is 1. The molecular formula is C23H38N6O4. The molecule has 33 heavy (non-hydrogen) atoms. The van der Waals surface area contributed by atoms with Crippen molar-refractivity contribution in [2.24, 2.45) is 11.8 Å². The molecule has 0 aromatic carbocycles. The fourth-order valence-electron chi connectivity index (χ4n) is 4.12. The fraction of sp³-hybridized carbons (Fsp3) is 0.739. The summed E-state index contributed by atoms with van der Waals surface area (Å²) in [6.45, 7) is 9.73. The van der Waals surface area contributed by atoms with Gasteiger partial charge in [0.25, 0.3) is 0 Å². The van der Waals surface area contributed by atoms with Crippen molar-refractivity contribution < 1.29 is 19.1 Å². The molecule has 1 saturated heterocycles. The Labute approximate surface area is 195 Å². The van der Waals surface area contributed by atoms with Crippen LogP contribution in [0.4, 0.5) is 10.6 Å². The molecule has 1 aromatic rings. The number of amides is 3. The van der Waals surface area contributed by atoms with Crippen LogP contribution in [0.5, 0.6) is 0 Å². The Morgan fingerprint density at radius 1 is 1.18 bits per heavy atom. The lowest BCUT2D eigenvalue weighted by Gasteiger charge is -2.31. The van der Waals surface area contributed by atoms with Crippen LogP contribution in [0.2, 0.25) is 0 Å². The van der Waals surface area contributed by atoms with Gasteiger partial charge < -0.3 is 20.7 Å². The maximum absolute atomic E-state index is 12.6. The largest absolute Gasteiger partial charge is 0.444 e. The zero-order valence-electron chi connectivity index (χ0n) is 20.2. The average molecular weight is 463 g/mol. The molecular weight excluding hydrogens is 424 g/mol. The third-order valence-corrected chi connectivity index (χ3v) is 5.96. The Balaban J connectivity index is 1.38. The third-order valence-electron chi connectivity index (χ3n) is 5.96. The Kier molecular flexibility index (Phi) is 8.34. The van der Waals surface area contributed by atoms with Crippen LogP contribution in [0, 0.1) is 11.8 Å². The minimum absolute atomic E-state index is 0.0533. The minimum atomic E-state index is -0.555. The SMILES string of the molecule is CC(C1CC1)n1nccc1NC(=O)CN1CCCC(C(=O)NCCNC(=O)OC(C)(C)C)C1. The van der Waals surface area contributed by atoms with Crippen molar-refractivity contribution in [2.75, 3.05) is 38.0 Å². The van der Waals surface area contributed by atoms with E-state index in [1.165, 1.54) is 12.8 Å². The van der Waals surface area contributed by atoms with E-state index < -0.39 is 11.7 Å². The molecule has 1 aliphatic heterocycles. The van der Waals surface area contributed by atoms with E-state index in [9.17, 15) is 14.4 Å². The predicted molar refractivity (Wildman–Crippen MR) is 125 cm³/mol. The first kappa shape index (κ1) is 25.0. The zero-order chi connectivity index (χ0) is 24.0. The van der Waals surface area contributed by atoms with Crippen LogP contribution >= 0.6 is 0 Å². The van der Waals surface area contributed by atoms with E-state index in [-0.39, 0.29) is 30.3 Å². The second-order valence-corrected chi connectivity index (χ2v) is 10.1. The Morgan fingerprint density at radius 3 is 2.61 bits per heavy atom. The van der Waals surface area contributed by atoms with Crippen LogP contribution < -0.4 is 16.0 Å². The lowest BCUT2D eigenvalue weighted by Crippen LogP contribution is -2.46. The van der Waals surface area contributed by atoms with Crippen LogP contribution in [0.3, 0.4) is 0 Å². The maximum Gasteiger partial charge on any atom is 0.407 e. The smallest absolute Gasteiger partial charge is 0.407 e. The number of carbonyl (C=O) groups excluding carboxylic acids is 3. The van der Waals surface area contributed by atoms with Crippen molar-refractivity contribution in [1.29, 1.82) is 0 Å². The Morgan fingerprint density at radius 2 is 1.91 bits per heavy atom. The van der Waals surface area contributed by atoms with Gasteiger partial charge in [0.2, 0.25) is 11.8 Å². The molecule has 10 nitrogen and oxygen atoms in total. The lowest BCUT2D eigenvalue weighted by atomic mass is 9.97. The van der Waals surface area contributed by atoms with Crippen molar-refractivity contribution in [3.05, 3.63) is 12.3 Å². The molecule has 0 spiro atoms. The van der Waals surface area contributed by atoms with Crippen LogP contribution in [-0.4, -0.2) is 70.9 Å². The first-order chi connectivity index (χ1) is 15.6. The first-order valence-electron chi connectivity index (χ1n) is 11.9. The number of rotatable bonds is 9. The Hall–Kier alpha value is -2.62. The summed E-state index contributed by atoms with van der Waals surface area (Å²) in [5.74, 6) is 1.04. The maximum atomic E-state index is 12.6. The molecule has 1 aliphatic carbocycles. The van der Waals surface area contributed by atoms with Crippen molar-refractivity contribution in [1.82, 2.24) is 25.3 Å². The van der Waals surface area contributed by atoms with E-state index in [4.69, 9.17) is 4.74 Å². The van der Waals surface area contributed by atoms with Gasteiger partial charge in [-0.05, 0) is 65.8 Å². The van der Waals surface area contributed by atoms with Gasteiger partial charge in [-0.15, -0.1) is 0 Å². The number of alkyl carbamates (subject to hydrolysis) is 1. The second-order valence-electron chi connectivity index (χ2n) is 10.1. The van der Waals surface area contributed by atoms with Gasteiger partial charge in [-0.3, -0.25) is 14.5 Å². The molecule has 0 bridgehead atoms. The number of hydrogen-bond acceptors (Lipinski definition) is 6. The van der Waals surface area contributed by atoms with E-state index in [0.29, 0.717) is 25.6 Å². The van der Waals surface area contributed by atoms with Gasteiger partial charge in [0.1, 0.15) is 11.4 Å². The summed E-state index contributed by atoms with van der Waals surface area (Å²) in [7, 11) is 0. The molecule has 1 aromatic heterocycles. The summed E-state index contributed by atoms with van der Waals surface area (Å²) in [5.41, 5.74) is -0.555. The summed E-state index contributed by atoms with van der Waals surface area (Å²) < 4.78 is 7.07. The summed E-state index contributed by atoms with van der Waals surface area (Å²) in [5, 5.41) is 12.9. The molecule has 2 fully saturated rings. The predicted octanol–water partition coefficient (Wildman–Crippen LogP) is 2.15. The van der Waals surface area contributed by atoms with Crippen molar-refractivity contribution in [3.8, 4) is 0 Å². The van der Waals surface area contributed by atoms with Gasteiger partial charge in [-0.25, -0.2) is 9.48 Å². The molecule has 1 saturated carbocycles. The lowest BCUT2D eigenvalue weighted by molar-refractivity contribution is -0.127. The number of carbonyl (C=O) groups is 3. The molecule has 2 heterocycles. The minimum Gasteiger partial charge on any atom is -0.444 e. The van der Waals surface area contributed by atoms with E-state index in [1.807, 2.05) is 15.6 Å². The average Bonchev–Trinajstić information content (AvgIpc) is 3.49. The quantitative estimate of drug-likeness (QED) is 0.484. The monoisotopic (exact) mass is 462 g/mol. The highest BCUT2D eigenvalue weighted by molar-refractivity contribution is 5.91. The number of anilines is 1. The topological polar surface area (TPSA) is 118 Å². The van der Waals surface area contributed by atoms with Gasteiger partial charge in [0.15, 0.2) is 0 Å². The van der Waals surface area contributed by atoms with E-state index in [1.54, 1.807) is 27.0 Å². The summed E-state index contributed by atoms with van der Waals surface area (Å²) >= 11 is 0. The first-order valence-corrected chi connectivity index (χ1v) is 11.9. The van der Waals surface area contributed by atoms with Gasteiger partial charge in [-0.2, -0.15) is 5.10 Å². The van der Waals surface area contributed by atoms with Crippen molar-refractivity contribution in [3.63, 3.8) is 0 Å². The van der Waals surface area contributed by atoms with Crippen molar-refractivity contribution in [2.45, 2.75) is 65.0 Å². The highest BCUT2D eigenvalue weighted by Gasteiger charge is 2.31. The number of hydrogen-bond donors (Lipinski definition) is 3. The molecule has 10 heteroatoms. The summed E-state index contributed by atoms with van der Waals surface area (Å²) in [6.07, 6.45) is 5.28. The second kappa shape index (κ2) is 11.0. The highest BCUT2D eigenvalue weighted by Crippen LogP contribution is 2.40. The van der Waals surface area contributed by atoms with Crippen LogP contribution in [0.1, 0.15) is 59.4 Å². The van der Waals surface area contributed by atoms with E-state index in [2.05, 4.69) is 28.0 Å². The standard InChI is InChI=1S/C23H38N6O4/c1-16(17-7-8-17)29-19(9-10-26-29)27-20(30)15-28-13-5-6-18(14-28)21(31)24-11-12-25-22(32)33-23(2,3)4/h9-10,16-18H,5-8,11-15H2,1-4H3,(H,24,31)(H,25,32)(H,27,30). The van der Waals surface area contributed by atoms with Gasteiger partial charge >= 0.3 is 6.09 Å². The molecule has 3 rings (SSSR count). The molecule has 0 radical (unpaired) electrons. The van der Waals surface area contributed by atoms with Crippen LogP contribution in [-0.2, 0) is 14.3 Å². The van der Waals surface area contributed by atoms with Gasteiger partial charge in [0.05, 0.1) is 24.7 Å². The van der Waals surface area contributed by atoms with E-state index in [0.717, 1.165) is 25.2 Å². The molecule has 2 atom stereocenters. The van der Waals surface area contributed by atoms with Crippen LogP contribution in [0.15, 0.2) is 12.3 Å². The molecule has 3 N–H and O–H groups in total. The Bertz CT molecular complexity index is 829. The molecule has 3 amide bonds. The number of ether oxygens (including phenoxy) is 1. The molecule has 2 unspecified atom stereocenters. The summed E-state index contributed by atoms with van der Waals surface area (Å²) in [4.78, 5) is 38.9.